The number of ether oxygens (including phenoxy) is 1. The molecule has 0 radical (unpaired) electrons. The Bertz CT molecular complexity index is 398. The first-order valence-corrected chi connectivity index (χ1v) is 6.11. The fourth-order valence-corrected chi connectivity index (χ4v) is 1.59. The molecule has 0 saturated carbocycles. The summed E-state index contributed by atoms with van der Waals surface area (Å²) in [6.07, 6.45) is 0. The molecule has 0 aromatic heterocycles. The Morgan fingerprint density at radius 2 is 2.00 bits per heavy atom. The number of Topliss-reactive ketones (excluding diaryl/α,β-unsaturated/α-hetero) is 1. The average Bonchev–Trinajstić information content (AvgIpc) is 2.42. The van der Waals surface area contributed by atoms with Gasteiger partial charge in [0.25, 0.3) is 0 Å². The molecule has 0 bridgehead atoms. The summed E-state index contributed by atoms with van der Waals surface area (Å²) in [5.41, 5.74) is 5.78. The molecule has 1 atom stereocenters. The van der Waals surface area contributed by atoms with Crippen LogP contribution in [0, 0.1) is 0 Å². The number of nitrogens with one attached hydrogen (secondary N) is 1. The molecule has 5 nitrogen and oxygen atoms in total. The normalized spacial score (nSPS) is 11.9. The van der Waals surface area contributed by atoms with Crippen molar-refractivity contribution in [3.63, 3.8) is 0 Å². The molecule has 0 saturated heterocycles. The van der Waals surface area contributed by atoms with E-state index in [0.29, 0.717) is 5.56 Å². The second kappa shape index (κ2) is 7.86. The highest BCUT2D eigenvalue weighted by molar-refractivity contribution is 7.80. The van der Waals surface area contributed by atoms with Crippen molar-refractivity contribution in [3.05, 3.63) is 35.9 Å². The van der Waals surface area contributed by atoms with E-state index in [1.54, 1.807) is 24.3 Å². The van der Waals surface area contributed by atoms with Crippen molar-refractivity contribution in [1.29, 1.82) is 0 Å². The van der Waals surface area contributed by atoms with Gasteiger partial charge in [-0.1, -0.05) is 30.3 Å². The van der Waals surface area contributed by atoms with Crippen molar-refractivity contribution >= 4 is 24.4 Å². The van der Waals surface area contributed by atoms with Gasteiger partial charge in [-0.05, 0) is 0 Å². The van der Waals surface area contributed by atoms with Crippen LogP contribution >= 0.6 is 12.6 Å². The summed E-state index contributed by atoms with van der Waals surface area (Å²) in [6.45, 7) is -0.133. The van der Waals surface area contributed by atoms with Crippen LogP contribution in [0.4, 0.5) is 0 Å². The lowest BCUT2D eigenvalue weighted by Gasteiger charge is -2.13. The second-order valence-electron chi connectivity index (χ2n) is 3.54. The maximum absolute atomic E-state index is 11.7. The van der Waals surface area contributed by atoms with Crippen molar-refractivity contribution < 1.29 is 14.3 Å². The Morgan fingerprint density at radius 1 is 1.33 bits per heavy atom. The molecule has 0 heterocycles. The predicted octanol–water partition coefficient (Wildman–Crippen LogP) is 0.217. The average molecular weight is 268 g/mol. The molecule has 1 aromatic carbocycles. The van der Waals surface area contributed by atoms with Gasteiger partial charge in [0.1, 0.15) is 6.04 Å². The van der Waals surface area contributed by atoms with E-state index in [-0.39, 0.29) is 24.8 Å². The van der Waals surface area contributed by atoms with Crippen molar-refractivity contribution in [2.24, 2.45) is 5.73 Å². The molecule has 0 aliphatic carbocycles. The Kier molecular flexibility index (Phi) is 6.42. The van der Waals surface area contributed by atoms with E-state index < -0.39 is 12.0 Å². The molecule has 0 fully saturated rings. The van der Waals surface area contributed by atoms with Gasteiger partial charge in [0.05, 0.1) is 0 Å². The molecule has 18 heavy (non-hydrogen) atoms. The molecule has 1 rings (SSSR count). The van der Waals surface area contributed by atoms with Gasteiger partial charge >= 0.3 is 5.97 Å². The molecular formula is C12H16N2O3S. The summed E-state index contributed by atoms with van der Waals surface area (Å²) < 4.78 is 4.91. The van der Waals surface area contributed by atoms with E-state index >= 15 is 0 Å². The van der Waals surface area contributed by atoms with Gasteiger partial charge in [0, 0.05) is 18.0 Å². The lowest BCUT2D eigenvalue weighted by molar-refractivity contribution is -0.144. The standard InChI is InChI=1S/C12H16N2O3S/c13-8-14-10(7-18)12(16)17-6-11(15)9-4-2-1-3-5-9/h1-5,10,14,18H,6-8,13H2/t10-/m0/s1. The maximum Gasteiger partial charge on any atom is 0.324 e. The molecule has 6 heteroatoms. The molecule has 0 spiro atoms. The van der Waals surface area contributed by atoms with E-state index in [0.717, 1.165) is 0 Å². The second-order valence-corrected chi connectivity index (χ2v) is 3.91. The highest BCUT2D eigenvalue weighted by Gasteiger charge is 2.18. The molecule has 0 unspecified atom stereocenters. The molecule has 1 aromatic rings. The van der Waals surface area contributed by atoms with Crippen molar-refractivity contribution in [1.82, 2.24) is 5.32 Å². The number of hydrogen-bond acceptors (Lipinski definition) is 6. The van der Waals surface area contributed by atoms with Crippen molar-refractivity contribution in [3.8, 4) is 0 Å². The van der Waals surface area contributed by atoms with Crippen LogP contribution in [0.2, 0.25) is 0 Å². The summed E-state index contributed by atoms with van der Waals surface area (Å²) in [4.78, 5) is 23.2. The Labute approximate surface area is 111 Å². The molecule has 0 aliphatic heterocycles. The van der Waals surface area contributed by atoms with E-state index in [2.05, 4.69) is 17.9 Å². The third-order valence-corrected chi connectivity index (χ3v) is 2.64. The first-order chi connectivity index (χ1) is 8.69. The fourth-order valence-electron chi connectivity index (χ4n) is 1.31. The Balaban J connectivity index is 2.45. The van der Waals surface area contributed by atoms with E-state index in [4.69, 9.17) is 10.5 Å². The smallest absolute Gasteiger partial charge is 0.324 e. The van der Waals surface area contributed by atoms with Crippen LogP contribution in [0.1, 0.15) is 10.4 Å². The SMILES string of the molecule is NCN[C@@H](CS)C(=O)OCC(=O)c1ccccc1. The zero-order valence-corrected chi connectivity index (χ0v) is 10.7. The third kappa shape index (κ3) is 4.48. The van der Waals surface area contributed by atoms with Crippen molar-refractivity contribution in [2.75, 3.05) is 19.0 Å². The molecule has 98 valence electrons. The highest BCUT2D eigenvalue weighted by Crippen LogP contribution is 2.01. The number of thiol groups is 1. The minimum atomic E-state index is -0.595. The fraction of sp³-hybridized carbons (Fsp3) is 0.333. The van der Waals surface area contributed by atoms with Gasteiger partial charge < -0.3 is 10.5 Å². The monoisotopic (exact) mass is 268 g/mol. The van der Waals surface area contributed by atoms with E-state index in [9.17, 15) is 9.59 Å². The van der Waals surface area contributed by atoms with Gasteiger partial charge in [0.2, 0.25) is 0 Å². The molecule has 0 aliphatic rings. The molecule has 0 amide bonds. The maximum atomic E-state index is 11.7. The predicted molar refractivity (Wildman–Crippen MR) is 71.6 cm³/mol. The van der Waals surface area contributed by atoms with Crippen LogP contribution in [-0.2, 0) is 9.53 Å². The number of benzene rings is 1. The van der Waals surface area contributed by atoms with Crippen molar-refractivity contribution in [2.45, 2.75) is 6.04 Å². The number of esters is 1. The summed E-state index contributed by atoms with van der Waals surface area (Å²) in [5, 5.41) is 2.71. The number of rotatable bonds is 7. The lowest BCUT2D eigenvalue weighted by atomic mass is 10.1. The summed E-state index contributed by atoms with van der Waals surface area (Å²) >= 11 is 4.00. The minimum absolute atomic E-state index is 0.146. The molecule has 3 N–H and O–H groups in total. The van der Waals surface area contributed by atoms with Crippen LogP contribution in [-0.4, -0.2) is 36.8 Å². The number of ketones is 1. The number of carbonyl (C=O) groups excluding carboxylic acids is 2. The van der Waals surface area contributed by atoms with Gasteiger partial charge in [0.15, 0.2) is 12.4 Å². The zero-order valence-electron chi connectivity index (χ0n) is 9.83. The number of nitrogens with two attached hydrogens (primary N) is 1. The van der Waals surface area contributed by atoms with Crippen LogP contribution < -0.4 is 11.1 Å². The summed E-state index contributed by atoms with van der Waals surface area (Å²) in [6, 6.07) is 8.06. The van der Waals surface area contributed by atoms with Gasteiger partial charge in [-0.2, -0.15) is 12.6 Å². The largest absolute Gasteiger partial charge is 0.456 e. The van der Waals surface area contributed by atoms with Crippen LogP contribution in [0.5, 0.6) is 0 Å². The quantitative estimate of drug-likeness (QED) is 0.285. The van der Waals surface area contributed by atoms with Gasteiger partial charge in [-0.15, -0.1) is 0 Å². The third-order valence-electron chi connectivity index (χ3n) is 2.27. The summed E-state index contributed by atoms with van der Waals surface area (Å²) in [5.74, 6) is -0.510. The highest BCUT2D eigenvalue weighted by atomic mass is 32.1. The minimum Gasteiger partial charge on any atom is -0.456 e. The van der Waals surface area contributed by atoms with Crippen LogP contribution in [0.3, 0.4) is 0 Å². The van der Waals surface area contributed by atoms with Crippen LogP contribution in [0.25, 0.3) is 0 Å². The first-order valence-electron chi connectivity index (χ1n) is 5.48. The molecular weight excluding hydrogens is 252 g/mol. The Morgan fingerprint density at radius 3 is 2.56 bits per heavy atom. The first kappa shape index (κ1) is 14.7. The van der Waals surface area contributed by atoms with E-state index in [1.807, 2.05) is 6.07 Å². The van der Waals surface area contributed by atoms with Crippen LogP contribution in [0.15, 0.2) is 30.3 Å². The lowest BCUT2D eigenvalue weighted by Crippen LogP contribution is -2.42. The zero-order chi connectivity index (χ0) is 13.4. The summed E-state index contributed by atoms with van der Waals surface area (Å²) in [7, 11) is 0. The number of hydrogen-bond donors (Lipinski definition) is 3. The van der Waals surface area contributed by atoms with Gasteiger partial charge in [-0.25, -0.2) is 0 Å². The topological polar surface area (TPSA) is 81.4 Å². The number of carbonyl (C=O) groups is 2. The Hall–Kier alpha value is -1.37. The van der Waals surface area contributed by atoms with Gasteiger partial charge in [-0.3, -0.25) is 14.9 Å². The van der Waals surface area contributed by atoms with E-state index in [1.165, 1.54) is 0 Å².